The van der Waals surface area contributed by atoms with Gasteiger partial charge in [-0.3, -0.25) is 4.79 Å². The Balaban J connectivity index is 1.71. The van der Waals surface area contributed by atoms with Gasteiger partial charge in [-0.2, -0.15) is 0 Å². The van der Waals surface area contributed by atoms with Crippen LogP contribution in [0.1, 0.15) is 32.1 Å². The number of likely N-dealkylation sites (N-methyl/N-ethyl adjacent to an activating group) is 1. The highest BCUT2D eigenvalue weighted by Crippen LogP contribution is 2.15. The van der Waals surface area contributed by atoms with Gasteiger partial charge in [0.25, 0.3) is 0 Å². The predicted molar refractivity (Wildman–Crippen MR) is 68.9 cm³/mol. The summed E-state index contributed by atoms with van der Waals surface area (Å²) in [6.07, 6.45) is 5.99. The molecule has 0 aromatic rings. The normalized spacial score (nSPS) is 31.1. The number of nitrogens with one attached hydrogen (secondary N) is 2. The fraction of sp³-hybridized carbons (Fsp3) is 0.923. The van der Waals surface area contributed by atoms with E-state index in [1.807, 2.05) is 0 Å². The van der Waals surface area contributed by atoms with Crippen molar-refractivity contribution in [2.24, 2.45) is 5.92 Å². The summed E-state index contributed by atoms with van der Waals surface area (Å²) in [5, 5.41) is 6.42. The van der Waals surface area contributed by atoms with E-state index in [0.29, 0.717) is 6.04 Å². The zero-order chi connectivity index (χ0) is 12.1. The second kappa shape index (κ2) is 6.36. The molecule has 2 aliphatic heterocycles. The van der Waals surface area contributed by atoms with Gasteiger partial charge in [0.2, 0.25) is 5.91 Å². The molecule has 1 unspecified atom stereocenters. The molecule has 2 atom stereocenters. The second-order valence-corrected chi connectivity index (χ2v) is 5.42. The molecule has 98 valence electrons. The minimum atomic E-state index is 0.192. The third kappa shape index (κ3) is 3.68. The number of nitrogens with zero attached hydrogens (tertiary/aromatic N) is 1. The van der Waals surface area contributed by atoms with Gasteiger partial charge in [0.15, 0.2) is 0 Å². The van der Waals surface area contributed by atoms with Crippen LogP contribution in [-0.2, 0) is 4.79 Å². The van der Waals surface area contributed by atoms with E-state index in [0.717, 1.165) is 32.5 Å². The van der Waals surface area contributed by atoms with Crippen molar-refractivity contribution in [1.82, 2.24) is 15.5 Å². The first-order valence-electron chi connectivity index (χ1n) is 6.96. The third-order valence-corrected chi connectivity index (χ3v) is 4.10. The molecule has 0 saturated carbocycles. The summed E-state index contributed by atoms with van der Waals surface area (Å²) in [4.78, 5) is 14.4. The summed E-state index contributed by atoms with van der Waals surface area (Å²) in [5.74, 6) is 0.439. The van der Waals surface area contributed by atoms with Crippen LogP contribution in [-0.4, -0.2) is 50.1 Å². The average molecular weight is 239 g/mol. The maximum absolute atomic E-state index is 12.0. The standard InChI is InChI=1S/C13H25N3O/c1-16-8-3-2-6-12(16)10-15-13(17)11-5-4-7-14-9-11/h11-12,14H,2-10H2,1H3,(H,15,17)/t11-,12?/m0/s1. The summed E-state index contributed by atoms with van der Waals surface area (Å²) < 4.78 is 0. The van der Waals surface area contributed by atoms with E-state index in [2.05, 4.69) is 22.6 Å². The van der Waals surface area contributed by atoms with E-state index >= 15 is 0 Å². The quantitative estimate of drug-likeness (QED) is 0.757. The lowest BCUT2D eigenvalue weighted by Gasteiger charge is -2.33. The van der Waals surface area contributed by atoms with Crippen molar-refractivity contribution in [3.8, 4) is 0 Å². The van der Waals surface area contributed by atoms with E-state index in [1.165, 1.54) is 25.8 Å². The van der Waals surface area contributed by atoms with Crippen molar-refractivity contribution in [3.05, 3.63) is 0 Å². The zero-order valence-electron chi connectivity index (χ0n) is 10.9. The molecule has 0 aromatic carbocycles. The monoisotopic (exact) mass is 239 g/mol. The van der Waals surface area contributed by atoms with Crippen LogP contribution in [0.3, 0.4) is 0 Å². The van der Waals surface area contributed by atoms with E-state index in [1.54, 1.807) is 0 Å². The van der Waals surface area contributed by atoms with E-state index in [9.17, 15) is 4.79 Å². The van der Waals surface area contributed by atoms with E-state index in [4.69, 9.17) is 0 Å². The fourth-order valence-corrected chi connectivity index (χ4v) is 2.84. The van der Waals surface area contributed by atoms with Crippen molar-refractivity contribution in [3.63, 3.8) is 0 Å². The molecule has 0 aromatic heterocycles. The Hall–Kier alpha value is -0.610. The Morgan fingerprint density at radius 3 is 2.94 bits per heavy atom. The van der Waals surface area contributed by atoms with Crippen LogP contribution >= 0.6 is 0 Å². The number of hydrogen-bond donors (Lipinski definition) is 2. The van der Waals surface area contributed by atoms with Crippen molar-refractivity contribution in [1.29, 1.82) is 0 Å². The van der Waals surface area contributed by atoms with E-state index in [-0.39, 0.29) is 11.8 Å². The Labute approximate surface area is 104 Å². The molecule has 2 N–H and O–H groups in total. The lowest BCUT2D eigenvalue weighted by atomic mass is 9.98. The molecule has 2 rings (SSSR count). The topological polar surface area (TPSA) is 44.4 Å². The zero-order valence-corrected chi connectivity index (χ0v) is 10.9. The van der Waals surface area contributed by atoms with Crippen LogP contribution in [0.25, 0.3) is 0 Å². The largest absolute Gasteiger partial charge is 0.354 e. The van der Waals surface area contributed by atoms with Gasteiger partial charge in [0.1, 0.15) is 0 Å². The van der Waals surface area contributed by atoms with Gasteiger partial charge >= 0.3 is 0 Å². The number of likely N-dealkylation sites (tertiary alicyclic amines) is 1. The van der Waals surface area contributed by atoms with Gasteiger partial charge < -0.3 is 15.5 Å². The molecule has 4 nitrogen and oxygen atoms in total. The summed E-state index contributed by atoms with van der Waals surface area (Å²) in [6.45, 7) is 3.92. The molecule has 2 aliphatic rings. The van der Waals surface area contributed by atoms with Gasteiger partial charge in [-0.25, -0.2) is 0 Å². The molecule has 0 aliphatic carbocycles. The average Bonchev–Trinajstić information content (AvgIpc) is 2.38. The Kier molecular flexibility index (Phi) is 4.80. The van der Waals surface area contributed by atoms with Crippen LogP contribution in [0, 0.1) is 5.92 Å². The summed E-state index contributed by atoms with van der Waals surface area (Å²) in [5.41, 5.74) is 0. The molecule has 17 heavy (non-hydrogen) atoms. The lowest BCUT2D eigenvalue weighted by molar-refractivity contribution is -0.125. The molecule has 0 bridgehead atoms. The van der Waals surface area contributed by atoms with E-state index < -0.39 is 0 Å². The Bertz CT molecular complexity index is 251. The molecular formula is C13H25N3O. The van der Waals surface area contributed by atoms with Gasteiger partial charge in [0.05, 0.1) is 5.92 Å². The number of rotatable bonds is 3. The first kappa shape index (κ1) is 12.8. The maximum Gasteiger partial charge on any atom is 0.224 e. The molecule has 0 spiro atoms. The number of amides is 1. The number of hydrogen-bond acceptors (Lipinski definition) is 3. The van der Waals surface area contributed by atoms with Gasteiger partial charge in [-0.05, 0) is 45.8 Å². The molecule has 0 radical (unpaired) electrons. The third-order valence-electron chi connectivity index (χ3n) is 4.10. The van der Waals surface area contributed by atoms with Crippen molar-refractivity contribution >= 4 is 5.91 Å². The lowest BCUT2D eigenvalue weighted by Crippen LogP contribution is -2.47. The summed E-state index contributed by atoms with van der Waals surface area (Å²) >= 11 is 0. The maximum atomic E-state index is 12.0. The summed E-state index contributed by atoms with van der Waals surface area (Å²) in [7, 11) is 2.16. The van der Waals surface area contributed by atoms with Gasteiger partial charge in [-0.15, -0.1) is 0 Å². The molecule has 2 saturated heterocycles. The predicted octanol–water partition coefficient (Wildman–Crippen LogP) is 0.587. The molecule has 4 heteroatoms. The molecule has 2 heterocycles. The van der Waals surface area contributed by atoms with Crippen LogP contribution in [0.2, 0.25) is 0 Å². The highest BCUT2D eigenvalue weighted by atomic mass is 16.1. The molecule has 1 amide bonds. The minimum Gasteiger partial charge on any atom is -0.354 e. The SMILES string of the molecule is CN1CCCCC1CNC(=O)[C@H]1CCCNC1. The van der Waals surface area contributed by atoms with Crippen LogP contribution < -0.4 is 10.6 Å². The molecule has 2 fully saturated rings. The highest BCUT2D eigenvalue weighted by molar-refractivity contribution is 5.79. The number of carbonyl (C=O) groups is 1. The first-order chi connectivity index (χ1) is 8.27. The second-order valence-electron chi connectivity index (χ2n) is 5.42. The Morgan fingerprint density at radius 1 is 1.35 bits per heavy atom. The summed E-state index contributed by atoms with van der Waals surface area (Å²) in [6, 6.07) is 0.546. The first-order valence-corrected chi connectivity index (χ1v) is 6.96. The van der Waals surface area contributed by atoms with Gasteiger partial charge in [0, 0.05) is 19.1 Å². The van der Waals surface area contributed by atoms with Crippen LogP contribution in [0.5, 0.6) is 0 Å². The van der Waals surface area contributed by atoms with Crippen LogP contribution in [0.4, 0.5) is 0 Å². The Morgan fingerprint density at radius 2 is 2.24 bits per heavy atom. The van der Waals surface area contributed by atoms with Crippen molar-refractivity contribution in [2.45, 2.75) is 38.1 Å². The fourth-order valence-electron chi connectivity index (χ4n) is 2.84. The molecular weight excluding hydrogens is 214 g/mol. The van der Waals surface area contributed by atoms with Crippen molar-refractivity contribution in [2.75, 3.05) is 33.2 Å². The highest BCUT2D eigenvalue weighted by Gasteiger charge is 2.23. The minimum absolute atomic E-state index is 0.192. The number of piperidine rings is 2. The van der Waals surface area contributed by atoms with Crippen LogP contribution in [0.15, 0.2) is 0 Å². The van der Waals surface area contributed by atoms with Gasteiger partial charge in [-0.1, -0.05) is 6.42 Å². The smallest absolute Gasteiger partial charge is 0.224 e. The number of carbonyl (C=O) groups excluding carboxylic acids is 1. The van der Waals surface area contributed by atoms with Crippen molar-refractivity contribution < 1.29 is 4.79 Å².